The van der Waals surface area contributed by atoms with Crippen molar-refractivity contribution in [2.45, 2.75) is 51.4 Å². The molecule has 2 aliphatic rings. The first kappa shape index (κ1) is 15.3. The SMILES string of the molecule is CN1CCC(CNC(=O)C2(C#N)CCCCCC2)CC1. The van der Waals surface area contributed by atoms with Crippen molar-refractivity contribution in [1.82, 2.24) is 10.2 Å². The number of rotatable bonds is 3. The molecule has 2 rings (SSSR count). The molecule has 0 aromatic carbocycles. The summed E-state index contributed by atoms with van der Waals surface area (Å²) in [5, 5.41) is 12.6. The second-order valence-corrected chi connectivity index (χ2v) is 6.56. The minimum atomic E-state index is -0.748. The molecule has 0 radical (unpaired) electrons. The lowest BCUT2D eigenvalue weighted by atomic mass is 9.80. The lowest BCUT2D eigenvalue weighted by molar-refractivity contribution is -0.129. The zero-order chi connectivity index (χ0) is 14.4. The van der Waals surface area contributed by atoms with E-state index in [4.69, 9.17) is 0 Å². The van der Waals surface area contributed by atoms with Crippen molar-refractivity contribution in [3.8, 4) is 6.07 Å². The molecule has 0 aromatic rings. The third-order valence-electron chi connectivity index (χ3n) is 5.00. The van der Waals surface area contributed by atoms with E-state index in [0.717, 1.165) is 71.0 Å². The number of amides is 1. The van der Waals surface area contributed by atoms with Gasteiger partial charge in [-0.05, 0) is 51.7 Å². The summed E-state index contributed by atoms with van der Waals surface area (Å²) >= 11 is 0. The summed E-state index contributed by atoms with van der Waals surface area (Å²) in [4.78, 5) is 14.8. The van der Waals surface area contributed by atoms with E-state index in [1.54, 1.807) is 0 Å². The highest BCUT2D eigenvalue weighted by atomic mass is 16.2. The van der Waals surface area contributed by atoms with Crippen LogP contribution in [0, 0.1) is 22.7 Å². The van der Waals surface area contributed by atoms with Gasteiger partial charge in [-0.3, -0.25) is 4.79 Å². The van der Waals surface area contributed by atoms with Crippen LogP contribution in [0.4, 0.5) is 0 Å². The molecule has 1 heterocycles. The maximum atomic E-state index is 12.5. The zero-order valence-electron chi connectivity index (χ0n) is 12.7. The van der Waals surface area contributed by atoms with Gasteiger partial charge in [0, 0.05) is 6.54 Å². The van der Waals surface area contributed by atoms with Crippen molar-refractivity contribution >= 4 is 5.91 Å². The Balaban J connectivity index is 1.85. The van der Waals surface area contributed by atoms with Gasteiger partial charge in [0.1, 0.15) is 5.41 Å². The molecule has 1 aliphatic carbocycles. The minimum Gasteiger partial charge on any atom is -0.354 e. The van der Waals surface area contributed by atoms with Crippen molar-refractivity contribution in [2.24, 2.45) is 11.3 Å². The lowest BCUT2D eigenvalue weighted by Gasteiger charge is -2.30. The third-order valence-corrected chi connectivity index (χ3v) is 5.00. The van der Waals surface area contributed by atoms with Gasteiger partial charge >= 0.3 is 0 Å². The van der Waals surface area contributed by atoms with E-state index in [0.29, 0.717) is 5.92 Å². The van der Waals surface area contributed by atoms with E-state index in [9.17, 15) is 10.1 Å². The standard InChI is InChI=1S/C16H27N3O/c1-19-10-6-14(7-11-19)12-18-15(20)16(13-17)8-4-2-3-5-9-16/h14H,2-12H2,1H3,(H,18,20). The molecule has 1 saturated heterocycles. The molecule has 4 nitrogen and oxygen atoms in total. The van der Waals surface area contributed by atoms with E-state index in [1.807, 2.05) is 0 Å². The fraction of sp³-hybridized carbons (Fsp3) is 0.875. The van der Waals surface area contributed by atoms with Gasteiger partial charge < -0.3 is 10.2 Å². The Morgan fingerprint density at radius 3 is 2.40 bits per heavy atom. The molecule has 4 heteroatoms. The summed E-state index contributed by atoms with van der Waals surface area (Å²) in [7, 11) is 2.14. The van der Waals surface area contributed by atoms with Gasteiger partial charge in [-0.2, -0.15) is 5.26 Å². The maximum absolute atomic E-state index is 12.5. The molecule has 0 aromatic heterocycles. The lowest BCUT2D eigenvalue weighted by Crippen LogP contribution is -2.43. The number of carbonyl (C=O) groups excluding carboxylic acids is 1. The fourth-order valence-electron chi connectivity index (χ4n) is 3.39. The summed E-state index contributed by atoms with van der Waals surface area (Å²) in [6.45, 7) is 2.98. The molecular weight excluding hydrogens is 250 g/mol. The number of hydrogen-bond donors (Lipinski definition) is 1. The molecule has 0 atom stereocenters. The summed E-state index contributed by atoms with van der Waals surface area (Å²) in [5.41, 5.74) is -0.748. The number of carbonyl (C=O) groups is 1. The quantitative estimate of drug-likeness (QED) is 0.805. The summed E-state index contributed by atoms with van der Waals surface area (Å²) in [5.74, 6) is 0.567. The molecule has 1 saturated carbocycles. The van der Waals surface area contributed by atoms with E-state index in [1.165, 1.54) is 0 Å². The Hall–Kier alpha value is -1.08. The highest BCUT2D eigenvalue weighted by Gasteiger charge is 2.38. The summed E-state index contributed by atoms with van der Waals surface area (Å²) in [6.07, 6.45) is 8.11. The molecule has 1 amide bonds. The maximum Gasteiger partial charge on any atom is 0.240 e. The first-order chi connectivity index (χ1) is 9.66. The predicted molar refractivity (Wildman–Crippen MR) is 79.0 cm³/mol. The molecular formula is C16H27N3O. The van der Waals surface area contributed by atoms with Crippen LogP contribution in [0.3, 0.4) is 0 Å². The van der Waals surface area contributed by atoms with Crippen molar-refractivity contribution in [3.05, 3.63) is 0 Å². The van der Waals surface area contributed by atoms with Crippen LogP contribution in [0.1, 0.15) is 51.4 Å². The van der Waals surface area contributed by atoms with Gasteiger partial charge in [-0.25, -0.2) is 0 Å². The molecule has 2 fully saturated rings. The third kappa shape index (κ3) is 3.73. The van der Waals surface area contributed by atoms with Crippen LogP contribution in [0.2, 0.25) is 0 Å². The number of nitriles is 1. The van der Waals surface area contributed by atoms with Gasteiger partial charge in [0.2, 0.25) is 5.91 Å². The summed E-state index contributed by atoms with van der Waals surface area (Å²) in [6, 6.07) is 2.33. The minimum absolute atomic E-state index is 0.0131. The fourth-order valence-corrected chi connectivity index (χ4v) is 3.39. The molecule has 0 unspecified atom stereocenters. The summed E-state index contributed by atoms with van der Waals surface area (Å²) < 4.78 is 0. The first-order valence-electron chi connectivity index (χ1n) is 8.04. The second kappa shape index (κ2) is 7.08. The van der Waals surface area contributed by atoms with Crippen molar-refractivity contribution in [2.75, 3.05) is 26.7 Å². The molecule has 0 spiro atoms. The van der Waals surface area contributed by atoms with Gasteiger partial charge in [0.15, 0.2) is 0 Å². The molecule has 20 heavy (non-hydrogen) atoms. The Bertz CT molecular complexity index is 358. The average Bonchev–Trinajstić information content (AvgIpc) is 2.73. The van der Waals surface area contributed by atoms with E-state index in [-0.39, 0.29) is 5.91 Å². The van der Waals surface area contributed by atoms with Crippen molar-refractivity contribution < 1.29 is 4.79 Å². The van der Waals surface area contributed by atoms with Crippen LogP contribution < -0.4 is 5.32 Å². The van der Waals surface area contributed by atoms with E-state index in [2.05, 4.69) is 23.3 Å². The largest absolute Gasteiger partial charge is 0.354 e. The molecule has 0 bridgehead atoms. The Labute approximate surface area is 122 Å². The zero-order valence-corrected chi connectivity index (χ0v) is 12.7. The molecule has 1 N–H and O–H groups in total. The monoisotopic (exact) mass is 277 g/mol. The smallest absolute Gasteiger partial charge is 0.240 e. The predicted octanol–water partition coefficient (Wildman–Crippen LogP) is 2.31. The van der Waals surface area contributed by atoms with Crippen LogP contribution in [0.25, 0.3) is 0 Å². The number of nitrogens with one attached hydrogen (secondary N) is 1. The number of piperidine rings is 1. The van der Waals surface area contributed by atoms with Gasteiger partial charge in [0.25, 0.3) is 0 Å². The van der Waals surface area contributed by atoms with Crippen molar-refractivity contribution in [3.63, 3.8) is 0 Å². The van der Waals surface area contributed by atoms with Crippen LogP contribution in [0.5, 0.6) is 0 Å². The van der Waals surface area contributed by atoms with E-state index < -0.39 is 5.41 Å². The van der Waals surface area contributed by atoms with Gasteiger partial charge in [0.05, 0.1) is 6.07 Å². The topological polar surface area (TPSA) is 56.1 Å². The highest BCUT2D eigenvalue weighted by molar-refractivity contribution is 5.85. The average molecular weight is 277 g/mol. The number of likely N-dealkylation sites (tertiary alicyclic amines) is 1. The Morgan fingerprint density at radius 1 is 1.25 bits per heavy atom. The Kier molecular flexibility index (Phi) is 5.42. The normalized spacial score (nSPS) is 24.6. The van der Waals surface area contributed by atoms with Gasteiger partial charge in [-0.1, -0.05) is 25.7 Å². The van der Waals surface area contributed by atoms with Gasteiger partial charge in [-0.15, -0.1) is 0 Å². The molecule has 112 valence electrons. The van der Waals surface area contributed by atoms with Crippen LogP contribution >= 0.6 is 0 Å². The van der Waals surface area contributed by atoms with E-state index >= 15 is 0 Å². The Morgan fingerprint density at radius 2 is 1.85 bits per heavy atom. The second-order valence-electron chi connectivity index (χ2n) is 6.56. The number of hydrogen-bond acceptors (Lipinski definition) is 3. The molecule has 1 aliphatic heterocycles. The van der Waals surface area contributed by atoms with Crippen molar-refractivity contribution in [1.29, 1.82) is 5.26 Å². The first-order valence-corrected chi connectivity index (χ1v) is 8.04. The van der Waals surface area contributed by atoms with Crippen LogP contribution in [0.15, 0.2) is 0 Å². The van der Waals surface area contributed by atoms with Crippen LogP contribution in [-0.4, -0.2) is 37.5 Å². The highest BCUT2D eigenvalue weighted by Crippen LogP contribution is 2.34. The number of nitrogens with zero attached hydrogens (tertiary/aromatic N) is 2. The van der Waals surface area contributed by atoms with Crippen LogP contribution in [-0.2, 0) is 4.79 Å².